The molecule has 35 heavy (non-hydrogen) atoms. The maximum absolute atomic E-state index is 13.4. The average Bonchev–Trinajstić information content (AvgIpc) is 2.83. The summed E-state index contributed by atoms with van der Waals surface area (Å²) in [4.78, 5) is 53.6. The van der Waals surface area contributed by atoms with Crippen LogP contribution in [0.2, 0.25) is 0 Å². The number of aryl methyl sites for hydroxylation is 2. The number of amides is 1. The number of pyridine rings is 1. The maximum Gasteiger partial charge on any atom is 0.329 e. The fraction of sp³-hybridized carbons (Fsp3) is 0.280. The van der Waals surface area contributed by atoms with Crippen LogP contribution in [0.3, 0.4) is 0 Å². The van der Waals surface area contributed by atoms with Crippen molar-refractivity contribution in [2.24, 2.45) is 0 Å². The smallest absolute Gasteiger partial charge is 0.329 e. The Balaban J connectivity index is 1.74. The molecule has 0 atom stereocenters. The molecule has 0 aliphatic heterocycles. The highest BCUT2D eigenvalue weighted by Gasteiger charge is 2.21. The molecule has 0 saturated heterocycles. The van der Waals surface area contributed by atoms with Crippen molar-refractivity contribution in [2.45, 2.75) is 46.6 Å². The normalized spacial score (nSPS) is 11.1. The first-order chi connectivity index (χ1) is 16.8. The fourth-order valence-corrected chi connectivity index (χ4v) is 3.67. The van der Waals surface area contributed by atoms with E-state index in [9.17, 15) is 14.4 Å². The highest BCUT2D eigenvalue weighted by molar-refractivity contribution is 6.12. The van der Waals surface area contributed by atoms with Crippen molar-refractivity contribution < 1.29 is 9.53 Å². The summed E-state index contributed by atoms with van der Waals surface area (Å²) in [5.74, 6) is 0.0200. The molecule has 4 aromatic rings. The monoisotopic (exact) mass is 474 g/mol. The number of aromatic amines is 1. The van der Waals surface area contributed by atoms with E-state index in [0.29, 0.717) is 30.1 Å². The van der Waals surface area contributed by atoms with Crippen molar-refractivity contribution in [3.05, 3.63) is 80.4 Å². The molecule has 0 aliphatic rings. The Morgan fingerprint density at radius 1 is 1.17 bits per heavy atom. The molecule has 0 radical (unpaired) electrons. The number of nitrogens with one attached hydrogen (secondary N) is 2. The van der Waals surface area contributed by atoms with Crippen molar-refractivity contribution in [1.29, 1.82) is 0 Å². The number of anilines is 1. The number of benzene rings is 1. The molecule has 4 rings (SSSR count). The van der Waals surface area contributed by atoms with Crippen molar-refractivity contribution in [3.63, 3.8) is 0 Å². The van der Waals surface area contributed by atoms with Crippen LogP contribution in [0.5, 0.6) is 11.8 Å². The van der Waals surface area contributed by atoms with Crippen molar-refractivity contribution in [1.82, 2.24) is 24.5 Å². The quantitative estimate of drug-likeness (QED) is 0.417. The predicted octanol–water partition coefficient (Wildman–Crippen LogP) is 3.76. The number of hydrogen-bond donors (Lipinski definition) is 2. The van der Waals surface area contributed by atoms with Gasteiger partial charge in [0.15, 0.2) is 5.65 Å². The van der Waals surface area contributed by atoms with Gasteiger partial charge < -0.3 is 10.1 Å². The van der Waals surface area contributed by atoms with E-state index < -0.39 is 17.2 Å². The largest absolute Gasteiger partial charge is 0.424 e. The summed E-state index contributed by atoms with van der Waals surface area (Å²) in [5, 5.41) is 2.96. The molecule has 0 saturated carbocycles. The molecule has 10 heteroatoms. The first-order valence-corrected chi connectivity index (χ1v) is 11.3. The molecule has 180 valence electrons. The van der Waals surface area contributed by atoms with Crippen molar-refractivity contribution in [2.75, 3.05) is 5.32 Å². The van der Waals surface area contributed by atoms with E-state index in [1.54, 1.807) is 42.7 Å². The number of H-pyrrole nitrogens is 1. The third-order valence-electron chi connectivity index (χ3n) is 5.45. The fourth-order valence-electron chi connectivity index (χ4n) is 3.67. The van der Waals surface area contributed by atoms with Crippen molar-refractivity contribution >= 4 is 22.6 Å². The second-order valence-electron chi connectivity index (χ2n) is 8.42. The molecule has 3 aromatic heterocycles. The Morgan fingerprint density at radius 3 is 2.57 bits per heavy atom. The zero-order chi connectivity index (χ0) is 25.1. The van der Waals surface area contributed by atoms with Gasteiger partial charge in [0.05, 0.1) is 10.9 Å². The molecule has 2 N–H and O–H groups in total. The van der Waals surface area contributed by atoms with Gasteiger partial charge in [-0.05, 0) is 55.2 Å². The lowest BCUT2D eigenvalue weighted by molar-refractivity contribution is 0.102. The minimum atomic E-state index is -0.645. The Hall–Kier alpha value is -4.34. The van der Waals surface area contributed by atoms with Crippen LogP contribution in [0.1, 0.15) is 54.7 Å². The van der Waals surface area contributed by atoms with E-state index in [4.69, 9.17) is 4.74 Å². The van der Waals surface area contributed by atoms with Gasteiger partial charge in [-0.1, -0.05) is 20.8 Å². The van der Waals surface area contributed by atoms with Gasteiger partial charge in [0.25, 0.3) is 11.5 Å². The van der Waals surface area contributed by atoms with Crippen molar-refractivity contribution in [3.8, 4) is 11.8 Å². The lowest BCUT2D eigenvalue weighted by Gasteiger charge is -2.15. The van der Waals surface area contributed by atoms with Crippen LogP contribution in [0.15, 0.2) is 52.3 Å². The summed E-state index contributed by atoms with van der Waals surface area (Å²) in [6.07, 6.45) is 3.82. The lowest BCUT2D eigenvalue weighted by atomic mass is 10.0. The number of fused-ring (bicyclic) bond motifs is 1. The minimum absolute atomic E-state index is 0.0196. The molecule has 1 amide bonds. The number of hydrogen-bond acceptors (Lipinski definition) is 7. The summed E-state index contributed by atoms with van der Waals surface area (Å²) in [6, 6.07) is 8.66. The lowest BCUT2D eigenvalue weighted by Crippen LogP contribution is -2.32. The number of carbonyl (C=O) groups excluding carboxylic acids is 1. The molecule has 0 unspecified atom stereocenters. The van der Waals surface area contributed by atoms with E-state index in [1.165, 1.54) is 4.57 Å². The molecule has 3 heterocycles. The standard InChI is InChI=1S/C25H26N6O4/c1-5-11-31-21-20(23(33)30-25(31)34)17(13-19(28-21)14(2)3)22(32)29-18-8-7-16(12-15(18)4)35-24-26-9-6-10-27-24/h6-10,12-14H,5,11H2,1-4H3,(H,29,32)(H,30,33,34). The Morgan fingerprint density at radius 2 is 1.91 bits per heavy atom. The van der Waals surface area contributed by atoms with Crippen LogP contribution >= 0.6 is 0 Å². The Bertz CT molecular complexity index is 1510. The number of nitrogens with zero attached hydrogens (tertiary/aromatic N) is 4. The number of aromatic nitrogens is 5. The molecule has 10 nitrogen and oxygen atoms in total. The first kappa shape index (κ1) is 23.8. The van der Waals surface area contributed by atoms with Gasteiger partial charge in [0, 0.05) is 30.3 Å². The highest BCUT2D eigenvalue weighted by Crippen LogP contribution is 2.26. The Kier molecular flexibility index (Phi) is 6.72. The molecule has 0 bridgehead atoms. The summed E-state index contributed by atoms with van der Waals surface area (Å²) in [7, 11) is 0. The van der Waals surface area contributed by atoms with Gasteiger partial charge in [-0.3, -0.25) is 19.1 Å². The van der Waals surface area contributed by atoms with Gasteiger partial charge in [0.2, 0.25) is 0 Å². The van der Waals surface area contributed by atoms with Crippen LogP contribution in [0.4, 0.5) is 5.69 Å². The third-order valence-corrected chi connectivity index (χ3v) is 5.45. The topological polar surface area (TPSA) is 132 Å². The summed E-state index contributed by atoms with van der Waals surface area (Å²) in [5.41, 5.74) is 1.08. The predicted molar refractivity (Wildman–Crippen MR) is 132 cm³/mol. The summed E-state index contributed by atoms with van der Waals surface area (Å²) < 4.78 is 7.05. The van der Waals surface area contributed by atoms with Crippen LogP contribution in [-0.2, 0) is 6.54 Å². The van der Waals surface area contributed by atoms with Gasteiger partial charge in [-0.15, -0.1) is 0 Å². The summed E-state index contributed by atoms with van der Waals surface area (Å²) in [6.45, 7) is 7.98. The number of ether oxygens (including phenoxy) is 1. The SMILES string of the molecule is CCCn1c(=O)[nH]c(=O)c2c(C(=O)Nc3ccc(Oc4ncccn4)cc3C)cc(C(C)C)nc21. The van der Waals surface area contributed by atoms with E-state index in [0.717, 1.165) is 5.56 Å². The second kappa shape index (κ2) is 9.88. The average molecular weight is 475 g/mol. The van der Waals surface area contributed by atoms with Gasteiger partial charge in [0.1, 0.15) is 5.75 Å². The van der Waals surface area contributed by atoms with Gasteiger partial charge in [-0.25, -0.2) is 19.7 Å². The molecule has 1 aromatic carbocycles. The summed E-state index contributed by atoms with van der Waals surface area (Å²) >= 11 is 0. The molecule has 0 spiro atoms. The van der Waals surface area contributed by atoms with E-state index in [-0.39, 0.29) is 28.5 Å². The number of carbonyl (C=O) groups is 1. The van der Waals surface area contributed by atoms with Crippen LogP contribution in [0, 0.1) is 6.92 Å². The minimum Gasteiger partial charge on any atom is -0.424 e. The van der Waals surface area contributed by atoms with Gasteiger partial charge >= 0.3 is 11.7 Å². The zero-order valence-corrected chi connectivity index (χ0v) is 20.0. The van der Waals surface area contributed by atoms with Gasteiger partial charge in [-0.2, -0.15) is 0 Å². The highest BCUT2D eigenvalue weighted by atomic mass is 16.5. The molecular formula is C25H26N6O4. The molecule has 0 aliphatic carbocycles. The van der Waals surface area contributed by atoms with Crippen LogP contribution in [-0.4, -0.2) is 30.4 Å². The zero-order valence-electron chi connectivity index (χ0n) is 20.0. The Labute approximate surface area is 201 Å². The number of rotatable bonds is 7. The van der Waals surface area contributed by atoms with Crippen LogP contribution in [0.25, 0.3) is 11.0 Å². The molecule has 0 fully saturated rings. The van der Waals surface area contributed by atoms with E-state index in [1.807, 2.05) is 27.7 Å². The third kappa shape index (κ3) is 4.96. The molecular weight excluding hydrogens is 448 g/mol. The first-order valence-electron chi connectivity index (χ1n) is 11.3. The second-order valence-corrected chi connectivity index (χ2v) is 8.42. The van der Waals surface area contributed by atoms with E-state index >= 15 is 0 Å². The van der Waals surface area contributed by atoms with Crippen LogP contribution < -0.4 is 21.3 Å². The van der Waals surface area contributed by atoms with E-state index in [2.05, 4.69) is 25.3 Å². The maximum atomic E-state index is 13.4.